The van der Waals surface area contributed by atoms with Crippen molar-refractivity contribution in [2.45, 2.75) is 45.1 Å². The second-order valence-electron chi connectivity index (χ2n) is 10.1. The fourth-order valence-corrected chi connectivity index (χ4v) is 5.39. The number of anilines is 1. The number of nitrogens with two attached hydrogens (primary N) is 1. The number of nitrogens with zero attached hydrogens (tertiary/aromatic N) is 7. The molecule has 0 saturated heterocycles. The van der Waals surface area contributed by atoms with Crippen molar-refractivity contribution in [3.63, 3.8) is 0 Å². The molecule has 204 valence electrons. The van der Waals surface area contributed by atoms with Gasteiger partial charge in [-0.3, -0.25) is 9.78 Å². The Labute approximate surface area is 231 Å². The molecule has 1 fully saturated rings. The molecule has 1 aliphatic carbocycles. The summed E-state index contributed by atoms with van der Waals surface area (Å²) in [6.07, 6.45) is 5.01. The van der Waals surface area contributed by atoms with Crippen molar-refractivity contribution in [3.8, 4) is 34.5 Å². The first-order valence-electron chi connectivity index (χ1n) is 13.2. The molecule has 1 atom stereocenters. The Morgan fingerprint density at radius 1 is 1.12 bits per heavy atom. The van der Waals surface area contributed by atoms with Crippen LogP contribution < -0.4 is 10.5 Å². The third kappa shape index (κ3) is 5.61. The van der Waals surface area contributed by atoms with Gasteiger partial charge in [0, 0.05) is 17.2 Å². The van der Waals surface area contributed by atoms with E-state index in [9.17, 15) is 15.2 Å². The summed E-state index contributed by atoms with van der Waals surface area (Å²) in [6, 6.07) is 15.1. The first-order chi connectivity index (χ1) is 19.4. The number of ether oxygens (including phenoxy) is 1. The van der Waals surface area contributed by atoms with Crippen molar-refractivity contribution in [2.24, 2.45) is 11.8 Å². The summed E-state index contributed by atoms with van der Waals surface area (Å²) in [5.41, 5.74) is 10.4. The maximum atomic E-state index is 11.3. The zero-order valence-corrected chi connectivity index (χ0v) is 22.4. The molecule has 3 heterocycles. The number of benzene rings is 1. The molecule has 11 heteroatoms. The van der Waals surface area contributed by atoms with Crippen molar-refractivity contribution in [3.05, 3.63) is 65.6 Å². The number of hydrogen-bond acceptors (Lipinski definition) is 9. The monoisotopic (exact) mass is 538 g/mol. The second kappa shape index (κ2) is 11.5. The summed E-state index contributed by atoms with van der Waals surface area (Å²) in [7, 11) is 1.50. The fraction of sp³-hybridized carbons (Fsp3) is 0.345. The number of methoxy groups -OCH3 is 1. The van der Waals surface area contributed by atoms with E-state index in [1.807, 2.05) is 18.2 Å². The van der Waals surface area contributed by atoms with E-state index in [4.69, 9.17) is 15.5 Å². The van der Waals surface area contributed by atoms with Gasteiger partial charge in [-0.1, -0.05) is 24.3 Å². The van der Waals surface area contributed by atoms with E-state index >= 15 is 0 Å². The number of carbonyl (C=O) groups is 1. The predicted octanol–water partition coefficient (Wildman–Crippen LogP) is 4.30. The van der Waals surface area contributed by atoms with E-state index in [0.717, 1.165) is 37.1 Å². The molecule has 3 N–H and O–H groups in total. The molecule has 0 radical (unpaired) electrons. The van der Waals surface area contributed by atoms with Crippen LogP contribution in [0.3, 0.4) is 0 Å². The Morgan fingerprint density at radius 3 is 2.60 bits per heavy atom. The predicted molar refractivity (Wildman–Crippen MR) is 147 cm³/mol. The first kappa shape index (κ1) is 26.7. The SMILES string of the molecule is COc1c(C#N)cccc1-c1cc(-c2cn(Cc3cccc(C(C)C4CCC(C(=O)O)CC4)n3)nn2)nc(N)n1. The smallest absolute Gasteiger partial charge is 0.306 e. The maximum Gasteiger partial charge on any atom is 0.306 e. The number of rotatable bonds is 8. The number of nitriles is 1. The molecular formula is C29H30N8O3. The van der Waals surface area contributed by atoms with Crippen LogP contribution in [0.2, 0.25) is 0 Å². The summed E-state index contributed by atoms with van der Waals surface area (Å²) in [6.45, 7) is 2.59. The number of carboxylic acids is 1. The van der Waals surface area contributed by atoms with Crippen molar-refractivity contribution >= 4 is 11.9 Å². The molecule has 11 nitrogen and oxygen atoms in total. The van der Waals surface area contributed by atoms with Crippen LogP contribution in [0.4, 0.5) is 5.95 Å². The molecule has 5 rings (SSSR count). The third-order valence-corrected chi connectivity index (χ3v) is 7.61. The van der Waals surface area contributed by atoms with Gasteiger partial charge in [0.25, 0.3) is 0 Å². The number of hydrogen-bond donors (Lipinski definition) is 2. The highest BCUT2D eigenvalue weighted by Crippen LogP contribution is 2.38. The Morgan fingerprint density at radius 2 is 1.88 bits per heavy atom. The zero-order chi connectivity index (χ0) is 28.2. The minimum absolute atomic E-state index is 0.0622. The van der Waals surface area contributed by atoms with Gasteiger partial charge >= 0.3 is 5.97 Å². The van der Waals surface area contributed by atoms with Crippen molar-refractivity contribution in [2.75, 3.05) is 12.8 Å². The highest BCUT2D eigenvalue weighted by Gasteiger charge is 2.30. The molecule has 0 amide bonds. The average Bonchev–Trinajstić information content (AvgIpc) is 3.44. The van der Waals surface area contributed by atoms with Gasteiger partial charge < -0.3 is 15.6 Å². The van der Waals surface area contributed by atoms with Crippen molar-refractivity contribution in [1.29, 1.82) is 5.26 Å². The van der Waals surface area contributed by atoms with Crippen LogP contribution in [0.1, 0.15) is 55.5 Å². The second-order valence-corrected chi connectivity index (χ2v) is 10.1. The van der Waals surface area contributed by atoms with Crippen LogP contribution in [0.25, 0.3) is 22.6 Å². The molecular weight excluding hydrogens is 508 g/mol. The molecule has 1 aromatic carbocycles. The lowest BCUT2D eigenvalue weighted by molar-refractivity contribution is -0.143. The van der Waals surface area contributed by atoms with Gasteiger partial charge in [-0.05, 0) is 61.9 Å². The number of aromatic nitrogens is 6. The maximum absolute atomic E-state index is 11.3. The van der Waals surface area contributed by atoms with E-state index in [2.05, 4.69) is 33.3 Å². The van der Waals surface area contributed by atoms with E-state index in [0.29, 0.717) is 46.4 Å². The van der Waals surface area contributed by atoms with Crippen LogP contribution in [0.5, 0.6) is 5.75 Å². The third-order valence-electron chi connectivity index (χ3n) is 7.61. The van der Waals surface area contributed by atoms with Gasteiger partial charge in [0.2, 0.25) is 5.95 Å². The number of aliphatic carboxylic acids is 1. The van der Waals surface area contributed by atoms with Crippen LogP contribution >= 0.6 is 0 Å². The molecule has 4 aromatic rings. The van der Waals surface area contributed by atoms with Gasteiger partial charge in [-0.2, -0.15) is 5.26 Å². The minimum Gasteiger partial charge on any atom is -0.495 e. The fourth-order valence-electron chi connectivity index (χ4n) is 5.39. The Kier molecular flexibility index (Phi) is 7.68. The van der Waals surface area contributed by atoms with Gasteiger partial charge in [0.05, 0.1) is 48.4 Å². The highest BCUT2D eigenvalue weighted by atomic mass is 16.5. The van der Waals surface area contributed by atoms with E-state index in [1.165, 1.54) is 7.11 Å². The van der Waals surface area contributed by atoms with Gasteiger partial charge in [0.15, 0.2) is 0 Å². The standard InChI is InChI=1S/C29H30N8O3/c1-17(18-9-11-19(12-10-18)28(38)39)23-8-4-6-21(32-23)15-37-16-26(35-36-37)25-13-24(33-29(31)34-25)22-7-3-5-20(14-30)27(22)40-2/h3-8,13,16-19H,9-12,15H2,1-2H3,(H,38,39)(H2,31,33,34). The summed E-state index contributed by atoms with van der Waals surface area (Å²) in [4.78, 5) is 24.9. The molecule has 0 spiro atoms. The summed E-state index contributed by atoms with van der Waals surface area (Å²) >= 11 is 0. The first-order valence-corrected chi connectivity index (χ1v) is 13.2. The highest BCUT2D eigenvalue weighted by molar-refractivity contribution is 5.74. The van der Waals surface area contributed by atoms with Crippen LogP contribution in [-0.2, 0) is 11.3 Å². The van der Waals surface area contributed by atoms with E-state index in [-0.39, 0.29) is 17.8 Å². The Bertz CT molecular complexity index is 1570. The minimum atomic E-state index is -0.688. The number of para-hydroxylation sites is 1. The molecule has 40 heavy (non-hydrogen) atoms. The quantitative estimate of drug-likeness (QED) is 0.330. The summed E-state index contributed by atoms with van der Waals surface area (Å²) in [5.74, 6) is 0.212. The Balaban J connectivity index is 1.34. The van der Waals surface area contributed by atoms with Crippen molar-refractivity contribution < 1.29 is 14.6 Å². The lowest BCUT2D eigenvalue weighted by atomic mass is 9.75. The molecule has 1 saturated carbocycles. The molecule has 0 bridgehead atoms. The lowest BCUT2D eigenvalue weighted by Crippen LogP contribution is -2.24. The Hall–Kier alpha value is -4.85. The largest absolute Gasteiger partial charge is 0.495 e. The summed E-state index contributed by atoms with van der Waals surface area (Å²) in [5, 5.41) is 27.3. The van der Waals surface area contributed by atoms with E-state index in [1.54, 1.807) is 35.1 Å². The molecule has 0 aliphatic heterocycles. The summed E-state index contributed by atoms with van der Waals surface area (Å²) < 4.78 is 7.16. The van der Waals surface area contributed by atoms with Gasteiger partial charge in [-0.25, -0.2) is 14.6 Å². The molecule has 1 aliphatic rings. The number of nitrogen functional groups attached to an aromatic ring is 1. The van der Waals surface area contributed by atoms with Crippen molar-refractivity contribution in [1.82, 2.24) is 29.9 Å². The lowest BCUT2D eigenvalue weighted by Gasteiger charge is -2.30. The van der Waals surface area contributed by atoms with Gasteiger partial charge in [-0.15, -0.1) is 5.10 Å². The normalized spacial score (nSPS) is 17.6. The molecule has 3 aromatic heterocycles. The van der Waals surface area contributed by atoms with Crippen LogP contribution in [-0.4, -0.2) is 48.1 Å². The zero-order valence-electron chi connectivity index (χ0n) is 22.4. The van der Waals surface area contributed by atoms with Crippen LogP contribution in [0, 0.1) is 23.2 Å². The average molecular weight is 539 g/mol. The number of pyridine rings is 1. The molecule has 1 unspecified atom stereocenters. The van der Waals surface area contributed by atoms with Gasteiger partial charge in [0.1, 0.15) is 17.5 Å². The topological polar surface area (TPSA) is 166 Å². The van der Waals surface area contributed by atoms with Crippen LogP contribution in [0.15, 0.2) is 48.7 Å². The number of carboxylic acid groups (broad SMARTS) is 1. The van der Waals surface area contributed by atoms with E-state index < -0.39 is 5.97 Å².